The second kappa shape index (κ2) is 3.78. The summed E-state index contributed by atoms with van der Waals surface area (Å²) in [6.07, 6.45) is 10.2. The maximum Gasteiger partial charge on any atom is 0.221 e. The molecule has 3 nitrogen and oxygen atoms in total. The summed E-state index contributed by atoms with van der Waals surface area (Å²) in [6.45, 7) is 0. The minimum atomic E-state index is -0.250. The quantitative estimate of drug-likeness (QED) is 0.670. The van der Waals surface area contributed by atoms with Crippen molar-refractivity contribution in [2.75, 3.05) is 6.26 Å². The number of nitrogens with zero attached hydrogens (tertiary/aromatic N) is 3. The largest absolute Gasteiger partial charge is 0.229 e. The Bertz CT molecular complexity index is 219. The van der Waals surface area contributed by atoms with Gasteiger partial charge in [0.1, 0.15) is 6.34 Å². The third kappa shape index (κ3) is 1.64. The molecule has 1 aliphatic heterocycles. The van der Waals surface area contributed by atoms with Crippen molar-refractivity contribution in [2.45, 2.75) is 37.1 Å². The van der Waals surface area contributed by atoms with Crippen LogP contribution in [0, 0.1) is 5.92 Å². The highest BCUT2D eigenvalue weighted by Crippen LogP contribution is 2.43. The summed E-state index contributed by atoms with van der Waals surface area (Å²) < 4.78 is 0. The molecule has 72 valence electrons. The first-order chi connectivity index (χ1) is 6.37. The van der Waals surface area contributed by atoms with Crippen LogP contribution < -0.4 is 0 Å². The van der Waals surface area contributed by atoms with E-state index in [9.17, 15) is 0 Å². The first-order valence-corrected chi connectivity index (χ1v) is 6.11. The molecule has 2 rings (SSSR count). The monoisotopic (exact) mass is 197 g/mol. The lowest BCUT2D eigenvalue weighted by Crippen LogP contribution is -2.30. The average molecular weight is 197 g/mol. The van der Waals surface area contributed by atoms with E-state index in [1.807, 2.05) is 0 Å². The van der Waals surface area contributed by atoms with E-state index >= 15 is 0 Å². The van der Waals surface area contributed by atoms with Crippen LogP contribution in [0.5, 0.6) is 0 Å². The number of thioether (sulfide) groups is 1. The number of hydrogen-bond acceptors (Lipinski definition) is 4. The van der Waals surface area contributed by atoms with Crippen molar-refractivity contribution in [3.05, 3.63) is 0 Å². The molecule has 4 heteroatoms. The zero-order valence-electron chi connectivity index (χ0n) is 7.94. The van der Waals surface area contributed by atoms with Crippen molar-refractivity contribution in [1.82, 2.24) is 0 Å². The van der Waals surface area contributed by atoms with Gasteiger partial charge in [-0.15, -0.1) is 22.0 Å². The van der Waals surface area contributed by atoms with Gasteiger partial charge in [-0.3, -0.25) is 0 Å². The molecule has 0 saturated heterocycles. The van der Waals surface area contributed by atoms with Gasteiger partial charge in [-0.05, 0) is 19.1 Å². The van der Waals surface area contributed by atoms with Crippen molar-refractivity contribution in [3.63, 3.8) is 0 Å². The molecule has 0 radical (unpaired) electrons. The predicted octanol–water partition coefficient (Wildman–Crippen LogP) is 3.08. The standard InChI is InChI=1S/C9H15N3S/c1-13-9(10-7-11-12-9)8-5-3-2-4-6-8/h7-8H,2-6H2,1H3. The summed E-state index contributed by atoms with van der Waals surface area (Å²) in [5.41, 5.74) is 0. The number of azo groups is 1. The number of rotatable bonds is 2. The molecular weight excluding hydrogens is 182 g/mol. The summed E-state index contributed by atoms with van der Waals surface area (Å²) in [5.74, 6) is 0.610. The van der Waals surface area contributed by atoms with Crippen LogP contribution in [-0.2, 0) is 0 Å². The van der Waals surface area contributed by atoms with Gasteiger partial charge in [-0.25, -0.2) is 4.99 Å². The Hall–Kier alpha value is -0.380. The molecule has 1 saturated carbocycles. The lowest BCUT2D eigenvalue weighted by atomic mass is 9.87. The Morgan fingerprint density at radius 1 is 1.31 bits per heavy atom. The van der Waals surface area contributed by atoms with E-state index in [0.717, 1.165) is 0 Å². The van der Waals surface area contributed by atoms with Crippen LogP contribution >= 0.6 is 11.8 Å². The molecule has 1 unspecified atom stereocenters. The predicted molar refractivity (Wildman–Crippen MR) is 56.2 cm³/mol. The molecule has 0 bridgehead atoms. The van der Waals surface area contributed by atoms with Crippen LogP contribution in [0.1, 0.15) is 32.1 Å². The Morgan fingerprint density at radius 2 is 2.08 bits per heavy atom. The van der Waals surface area contributed by atoms with Gasteiger partial charge >= 0.3 is 0 Å². The fourth-order valence-corrected chi connectivity index (χ4v) is 3.02. The van der Waals surface area contributed by atoms with Gasteiger partial charge in [0.15, 0.2) is 0 Å². The summed E-state index contributed by atoms with van der Waals surface area (Å²) in [7, 11) is 0. The molecule has 1 aliphatic carbocycles. The van der Waals surface area contributed by atoms with E-state index in [-0.39, 0.29) is 4.99 Å². The van der Waals surface area contributed by atoms with Crippen molar-refractivity contribution < 1.29 is 0 Å². The van der Waals surface area contributed by atoms with E-state index in [0.29, 0.717) is 5.92 Å². The third-order valence-electron chi connectivity index (χ3n) is 2.93. The molecular formula is C9H15N3S. The fourth-order valence-electron chi connectivity index (χ4n) is 2.17. The van der Waals surface area contributed by atoms with Crippen LogP contribution in [0.3, 0.4) is 0 Å². The van der Waals surface area contributed by atoms with Crippen LogP contribution in [0.2, 0.25) is 0 Å². The van der Waals surface area contributed by atoms with Crippen molar-refractivity contribution in [1.29, 1.82) is 0 Å². The van der Waals surface area contributed by atoms with Crippen molar-refractivity contribution in [3.8, 4) is 0 Å². The molecule has 1 fully saturated rings. The second-order valence-corrected chi connectivity index (χ2v) is 4.67. The van der Waals surface area contributed by atoms with E-state index in [4.69, 9.17) is 0 Å². The van der Waals surface area contributed by atoms with E-state index in [1.165, 1.54) is 32.1 Å². The SMILES string of the molecule is CSC1(C2CCCCC2)N=CN=N1. The van der Waals surface area contributed by atoms with Gasteiger partial charge in [0.05, 0.1) is 0 Å². The highest BCUT2D eigenvalue weighted by atomic mass is 32.2. The van der Waals surface area contributed by atoms with Crippen molar-refractivity contribution in [2.24, 2.45) is 21.1 Å². The summed E-state index contributed by atoms with van der Waals surface area (Å²) in [6, 6.07) is 0. The van der Waals surface area contributed by atoms with Gasteiger partial charge in [0, 0.05) is 5.92 Å². The van der Waals surface area contributed by atoms with Crippen molar-refractivity contribution >= 4 is 18.1 Å². The van der Waals surface area contributed by atoms with Crippen LogP contribution in [0.15, 0.2) is 15.2 Å². The molecule has 2 aliphatic rings. The minimum Gasteiger partial charge on any atom is -0.229 e. The van der Waals surface area contributed by atoms with Gasteiger partial charge in [0.25, 0.3) is 0 Å². The summed E-state index contributed by atoms with van der Waals surface area (Å²) >= 11 is 1.73. The molecule has 0 spiro atoms. The maximum atomic E-state index is 4.41. The lowest BCUT2D eigenvalue weighted by molar-refractivity contribution is 0.289. The van der Waals surface area contributed by atoms with Gasteiger partial charge in [0.2, 0.25) is 4.99 Å². The van der Waals surface area contributed by atoms with Crippen LogP contribution in [-0.4, -0.2) is 17.6 Å². The molecule has 13 heavy (non-hydrogen) atoms. The van der Waals surface area contributed by atoms with E-state index in [2.05, 4.69) is 21.5 Å². The minimum absolute atomic E-state index is 0.250. The fraction of sp³-hybridized carbons (Fsp3) is 0.889. The summed E-state index contributed by atoms with van der Waals surface area (Å²) in [5, 5.41) is 8.17. The van der Waals surface area contributed by atoms with E-state index < -0.39 is 0 Å². The third-order valence-corrected chi connectivity index (χ3v) is 4.05. The molecule has 1 atom stereocenters. The van der Waals surface area contributed by atoms with Gasteiger partial charge in [-0.2, -0.15) is 0 Å². The average Bonchev–Trinajstić information content (AvgIpc) is 2.69. The zero-order chi connectivity index (χ0) is 9.15. The molecule has 0 N–H and O–H groups in total. The maximum absolute atomic E-state index is 4.41. The Labute approximate surface area is 83.1 Å². The molecule has 0 amide bonds. The normalized spacial score (nSPS) is 34.2. The van der Waals surface area contributed by atoms with Crippen LogP contribution in [0.25, 0.3) is 0 Å². The molecule has 0 aromatic carbocycles. The molecule has 0 aromatic rings. The first-order valence-electron chi connectivity index (χ1n) is 4.88. The highest BCUT2D eigenvalue weighted by molar-refractivity contribution is 8.00. The van der Waals surface area contributed by atoms with Crippen LogP contribution in [0.4, 0.5) is 0 Å². The molecule has 0 aromatic heterocycles. The Balaban J connectivity index is 2.11. The van der Waals surface area contributed by atoms with E-state index in [1.54, 1.807) is 18.1 Å². The number of hydrogen-bond donors (Lipinski definition) is 0. The summed E-state index contributed by atoms with van der Waals surface area (Å²) in [4.78, 5) is 4.16. The smallest absolute Gasteiger partial charge is 0.221 e. The number of aliphatic imine (C=N–C) groups is 1. The second-order valence-electron chi connectivity index (χ2n) is 3.66. The Morgan fingerprint density at radius 3 is 2.62 bits per heavy atom. The highest BCUT2D eigenvalue weighted by Gasteiger charge is 2.40. The zero-order valence-corrected chi connectivity index (χ0v) is 8.76. The topological polar surface area (TPSA) is 37.1 Å². The lowest BCUT2D eigenvalue weighted by Gasteiger charge is -2.32. The van der Waals surface area contributed by atoms with Gasteiger partial charge in [-0.1, -0.05) is 19.3 Å². The first kappa shape index (κ1) is 9.19. The molecule has 1 heterocycles. The Kier molecular flexibility index (Phi) is 2.67. The van der Waals surface area contributed by atoms with Gasteiger partial charge < -0.3 is 0 Å².